The number of carbonyl (C=O) groups excluding carboxylic acids is 1. The minimum absolute atomic E-state index is 0.244. The van der Waals surface area contributed by atoms with Crippen LogP contribution in [0.3, 0.4) is 0 Å². The number of nitrogens with zero attached hydrogens (tertiary/aromatic N) is 6. The van der Waals surface area contributed by atoms with Crippen molar-refractivity contribution in [2.24, 2.45) is 7.05 Å². The second-order valence-electron chi connectivity index (χ2n) is 5.14. The summed E-state index contributed by atoms with van der Waals surface area (Å²) in [6, 6.07) is 5.42. The lowest BCUT2D eigenvalue weighted by Crippen LogP contribution is -2.29. The Morgan fingerprint density at radius 2 is 2.16 bits per heavy atom. The number of amides is 1. The van der Waals surface area contributed by atoms with Crippen LogP contribution in [0.25, 0.3) is 5.82 Å². The Kier molecular flexibility index (Phi) is 4.88. The van der Waals surface area contributed by atoms with E-state index in [9.17, 15) is 4.79 Å². The van der Waals surface area contributed by atoms with Crippen molar-refractivity contribution in [3.05, 3.63) is 42.4 Å². The summed E-state index contributed by atoms with van der Waals surface area (Å²) in [6.45, 7) is 0.920. The van der Waals surface area contributed by atoms with Crippen LogP contribution in [-0.4, -0.2) is 55.9 Å². The Hall–Kier alpha value is -3.43. The molecule has 0 aliphatic carbocycles. The van der Waals surface area contributed by atoms with Gasteiger partial charge in [0.1, 0.15) is 11.4 Å². The van der Waals surface area contributed by atoms with Gasteiger partial charge in [-0.3, -0.25) is 9.48 Å². The molecule has 0 unspecified atom stereocenters. The molecule has 1 amide bonds. The Labute approximate surface area is 143 Å². The topological polar surface area (TPSA) is 112 Å². The van der Waals surface area contributed by atoms with E-state index in [2.05, 4.69) is 31.0 Å². The summed E-state index contributed by atoms with van der Waals surface area (Å²) in [5, 5.41) is 22.2. The lowest BCUT2D eigenvalue weighted by molar-refractivity contribution is 0.0952. The molecule has 10 nitrogen and oxygen atoms in total. The average Bonchev–Trinajstić information content (AvgIpc) is 3.28. The largest absolute Gasteiger partial charge is 0.479 e. The van der Waals surface area contributed by atoms with Crippen LogP contribution in [0.5, 0.6) is 5.88 Å². The van der Waals surface area contributed by atoms with E-state index in [1.165, 1.54) is 11.8 Å². The standard InChI is InChI=1S/C15H18N8O2/c1-22-10-11(15(21-22)25-2)14(24)17-8-7-16-12-4-5-13(20-19-12)23-9-3-6-18-23/h3-6,9-10H,7-8H2,1-2H3,(H,16,19)(H,17,24). The highest BCUT2D eigenvalue weighted by Gasteiger charge is 2.15. The van der Waals surface area contributed by atoms with Crippen LogP contribution >= 0.6 is 0 Å². The summed E-state index contributed by atoms with van der Waals surface area (Å²) in [4.78, 5) is 12.1. The summed E-state index contributed by atoms with van der Waals surface area (Å²) in [5.41, 5.74) is 0.397. The van der Waals surface area contributed by atoms with Gasteiger partial charge in [-0.1, -0.05) is 0 Å². The number of hydrogen-bond acceptors (Lipinski definition) is 7. The fraction of sp³-hybridized carbons (Fsp3) is 0.267. The molecular weight excluding hydrogens is 324 g/mol. The zero-order valence-electron chi connectivity index (χ0n) is 13.9. The van der Waals surface area contributed by atoms with Crippen molar-refractivity contribution in [3.8, 4) is 11.7 Å². The molecule has 10 heteroatoms. The molecule has 0 spiro atoms. The summed E-state index contributed by atoms with van der Waals surface area (Å²) < 4.78 is 8.22. The molecule has 130 valence electrons. The van der Waals surface area contributed by atoms with E-state index in [1.54, 1.807) is 42.5 Å². The molecule has 3 aromatic rings. The quantitative estimate of drug-likeness (QED) is 0.592. The third kappa shape index (κ3) is 3.91. The molecule has 0 aliphatic rings. The van der Waals surface area contributed by atoms with Crippen molar-refractivity contribution in [2.45, 2.75) is 0 Å². The van der Waals surface area contributed by atoms with Gasteiger partial charge in [0.25, 0.3) is 5.91 Å². The van der Waals surface area contributed by atoms with E-state index >= 15 is 0 Å². The Balaban J connectivity index is 1.47. The molecule has 25 heavy (non-hydrogen) atoms. The van der Waals surface area contributed by atoms with E-state index in [0.717, 1.165) is 0 Å². The van der Waals surface area contributed by atoms with Gasteiger partial charge in [0.05, 0.1) is 7.11 Å². The minimum Gasteiger partial charge on any atom is -0.479 e. The van der Waals surface area contributed by atoms with E-state index < -0.39 is 0 Å². The monoisotopic (exact) mass is 342 g/mol. The van der Waals surface area contributed by atoms with Gasteiger partial charge in [0.2, 0.25) is 5.88 Å². The lowest BCUT2D eigenvalue weighted by atomic mass is 10.3. The molecule has 0 radical (unpaired) electrons. The number of nitrogens with one attached hydrogen (secondary N) is 2. The molecule has 2 N–H and O–H groups in total. The number of anilines is 1. The normalized spacial score (nSPS) is 10.5. The van der Waals surface area contributed by atoms with Crippen LogP contribution in [0.2, 0.25) is 0 Å². The third-order valence-electron chi connectivity index (χ3n) is 3.34. The van der Waals surface area contributed by atoms with Gasteiger partial charge in [-0.25, -0.2) is 4.68 Å². The van der Waals surface area contributed by atoms with Crippen molar-refractivity contribution in [1.82, 2.24) is 35.1 Å². The van der Waals surface area contributed by atoms with Gasteiger partial charge >= 0.3 is 0 Å². The minimum atomic E-state index is -0.244. The van der Waals surface area contributed by atoms with Crippen molar-refractivity contribution < 1.29 is 9.53 Å². The fourth-order valence-electron chi connectivity index (χ4n) is 2.18. The molecule has 0 aliphatic heterocycles. The average molecular weight is 342 g/mol. The predicted molar refractivity (Wildman–Crippen MR) is 89.7 cm³/mol. The smallest absolute Gasteiger partial charge is 0.258 e. The summed E-state index contributed by atoms with van der Waals surface area (Å²) in [6.07, 6.45) is 5.08. The molecule has 0 saturated carbocycles. The van der Waals surface area contributed by atoms with Crippen molar-refractivity contribution in [3.63, 3.8) is 0 Å². The van der Waals surface area contributed by atoms with Crippen molar-refractivity contribution in [1.29, 1.82) is 0 Å². The van der Waals surface area contributed by atoms with Crippen molar-refractivity contribution >= 4 is 11.7 Å². The van der Waals surface area contributed by atoms with Crippen LogP contribution in [0.15, 0.2) is 36.8 Å². The summed E-state index contributed by atoms with van der Waals surface area (Å²) in [5.74, 6) is 1.30. The van der Waals surface area contributed by atoms with E-state index in [0.29, 0.717) is 36.2 Å². The van der Waals surface area contributed by atoms with Gasteiger partial charge in [-0.05, 0) is 18.2 Å². The molecule has 0 atom stereocenters. The van der Waals surface area contributed by atoms with Crippen LogP contribution in [0.1, 0.15) is 10.4 Å². The third-order valence-corrected chi connectivity index (χ3v) is 3.34. The molecule has 3 rings (SSSR count). The highest BCUT2D eigenvalue weighted by Crippen LogP contribution is 2.14. The number of carbonyl (C=O) groups is 1. The molecule has 0 saturated heterocycles. The number of aromatic nitrogens is 6. The fourth-order valence-corrected chi connectivity index (χ4v) is 2.18. The second-order valence-corrected chi connectivity index (χ2v) is 5.14. The van der Waals surface area contributed by atoms with Crippen LogP contribution < -0.4 is 15.4 Å². The van der Waals surface area contributed by atoms with Gasteiger partial charge in [-0.15, -0.1) is 15.3 Å². The maximum Gasteiger partial charge on any atom is 0.258 e. The predicted octanol–water partition coefficient (Wildman–Crippen LogP) is 0.246. The highest BCUT2D eigenvalue weighted by molar-refractivity contribution is 5.96. The van der Waals surface area contributed by atoms with Crippen LogP contribution in [0.4, 0.5) is 5.82 Å². The first-order valence-electron chi connectivity index (χ1n) is 7.61. The lowest BCUT2D eigenvalue weighted by Gasteiger charge is -2.07. The Morgan fingerprint density at radius 3 is 2.84 bits per heavy atom. The molecule has 0 bridgehead atoms. The number of aryl methyl sites for hydroxylation is 1. The molecule has 3 aromatic heterocycles. The Morgan fingerprint density at radius 1 is 1.28 bits per heavy atom. The van der Waals surface area contributed by atoms with Crippen LogP contribution in [-0.2, 0) is 7.05 Å². The van der Waals surface area contributed by atoms with E-state index in [4.69, 9.17) is 4.74 Å². The van der Waals surface area contributed by atoms with Gasteiger partial charge in [0, 0.05) is 38.7 Å². The van der Waals surface area contributed by atoms with Crippen molar-refractivity contribution in [2.75, 3.05) is 25.5 Å². The molecule has 3 heterocycles. The van der Waals surface area contributed by atoms with Gasteiger partial charge in [-0.2, -0.15) is 5.10 Å². The summed E-state index contributed by atoms with van der Waals surface area (Å²) in [7, 11) is 3.21. The van der Waals surface area contributed by atoms with Gasteiger partial charge in [0.15, 0.2) is 5.82 Å². The number of ether oxygens (including phenoxy) is 1. The zero-order valence-corrected chi connectivity index (χ0v) is 13.9. The van der Waals surface area contributed by atoms with Gasteiger partial charge < -0.3 is 15.4 Å². The number of hydrogen-bond donors (Lipinski definition) is 2. The highest BCUT2D eigenvalue weighted by atomic mass is 16.5. The second kappa shape index (κ2) is 7.43. The molecule has 0 aromatic carbocycles. The van der Waals surface area contributed by atoms with E-state index in [1.807, 2.05) is 6.07 Å². The van der Waals surface area contributed by atoms with E-state index in [-0.39, 0.29) is 5.91 Å². The first kappa shape index (κ1) is 16.4. The first-order valence-corrected chi connectivity index (χ1v) is 7.61. The zero-order chi connectivity index (χ0) is 17.6. The molecule has 0 fully saturated rings. The summed E-state index contributed by atoms with van der Waals surface area (Å²) >= 11 is 0. The molecular formula is C15H18N8O2. The SMILES string of the molecule is COc1nn(C)cc1C(=O)NCCNc1ccc(-n2cccn2)nn1. The maximum absolute atomic E-state index is 12.1. The number of methoxy groups -OCH3 is 1. The maximum atomic E-state index is 12.1. The van der Waals surface area contributed by atoms with Crippen LogP contribution in [0, 0.1) is 0 Å². The number of rotatable bonds is 7. The first-order chi connectivity index (χ1) is 12.2. The Bertz CT molecular complexity index is 826.